The van der Waals surface area contributed by atoms with Crippen LogP contribution in [0, 0.1) is 6.92 Å². The van der Waals surface area contributed by atoms with E-state index in [1.165, 1.54) is 16.5 Å². The first-order valence-electron chi connectivity index (χ1n) is 7.01. The van der Waals surface area contributed by atoms with Gasteiger partial charge in [0.1, 0.15) is 5.15 Å². The minimum atomic E-state index is 0.709. The average molecular weight is 303 g/mol. The third-order valence-corrected chi connectivity index (χ3v) is 4.34. The van der Waals surface area contributed by atoms with Crippen molar-refractivity contribution in [3.63, 3.8) is 0 Å². The molecule has 0 spiro atoms. The van der Waals surface area contributed by atoms with E-state index >= 15 is 0 Å². The van der Waals surface area contributed by atoms with Crippen molar-refractivity contribution in [2.45, 2.75) is 20.0 Å². The van der Waals surface area contributed by atoms with Crippen LogP contribution < -0.4 is 5.32 Å². The molecule has 3 rings (SSSR count). The highest BCUT2D eigenvalue weighted by molar-refractivity contribution is 6.30. The number of rotatable bonds is 4. The van der Waals surface area contributed by atoms with Gasteiger partial charge in [-0.15, -0.1) is 0 Å². The fraction of sp³-hybridized carbons (Fsp3) is 0.312. The van der Waals surface area contributed by atoms with Crippen molar-refractivity contribution in [2.75, 3.05) is 7.05 Å². The van der Waals surface area contributed by atoms with Crippen molar-refractivity contribution in [3.05, 3.63) is 52.4 Å². The number of fused-ring (bicyclic) bond motifs is 1. The lowest BCUT2D eigenvalue weighted by molar-refractivity contribution is 0.757. The van der Waals surface area contributed by atoms with E-state index in [-0.39, 0.29) is 0 Å². The van der Waals surface area contributed by atoms with E-state index in [4.69, 9.17) is 11.6 Å². The molecule has 4 nitrogen and oxygen atoms in total. The molecule has 3 aromatic rings. The Morgan fingerprint density at radius 3 is 2.76 bits per heavy atom. The first kappa shape index (κ1) is 14.2. The number of nitrogens with zero attached hydrogens (tertiary/aromatic N) is 3. The lowest BCUT2D eigenvalue weighted by Gasteiger charge is -2.07. The first-order valence-corrected chi connectivity index (χ1v) is 7.39. The van der Waals surface area contributed by atoms with Crippen LogP contribution in [0.3, 0.4) is 0 Å². The number of aromatic nitrogens is 3. The van der Waals surface area contributed by atoms with Crippen LogP contribution in [0.2, 0.25) is 5.15 Å². The minimum absolute atomic E-state index is 0.709. The monoisotopic (exact) mass is 302 g/mol. The molecule has 2 aromatic heterocycles. The Balaban J connectivity index is 2.04. The summed E-state index contributed by atoms with van der Waals surface area (Å²) in [4.78, 5) is 0. The highest BCUT2D eigenvalue weighted by Gasteiger charge is 2.13. The van der Waals surface area contributed by atoms with Crippen LogP contribution >= 0.6 is 11.6 Å². The SMILES string of the molecule is CNCc1cccc2c1ccn2Cc1c(C)nn(C)c1Cl. The topological polar surface area (TPSA) is 34.8 Å². The van der Waals surface area contributed by atoms with Crippen molar-refractivity contribution >= 4 is 22.5 Å². The number of nitrogens with one attached hydrogen (secondary N) is 1. The van der Waals surface area contributed by atoms with E-state index in [1.807, 2.05) is 21.0 Å². The quantitative estimate of drug-likeness (QED) is 0.803. The van der Waals surface area contributed by atoms with Crippen LogP contribution in [-0.4, -0.2) is 21.4 Å². The summed E-state index contributed by atoms with van der Waals surface area (Å²) in [7, 11) is 3.84. The minimum Gasteiger partial charge on any atom is -0.343 e. The third kappa shape index (κ3) is 2.45. The van der Waals surface area contributed by atoms with Gasteiger partial charge in [0, 0.05) is 36.3 Å². The normalized spacial score (nSPS) is 11.4. The van der Waals surface area contributed by atoms with Crippen LogP contribution in [0.15, 0.2) is 30.5 Å². The predicted molar refractivity (Wildman–Crippen MR) is 86.8 cm³/mol. The van der Waals surface area contributed by atoms with Crippen molar-refractivity contribution in [1.82, 2.24) is 19.7 Å². The van der Waals surface area contributed by atoms with Gasteiger partial charge in [0.25, 0.3) is 0 Å². The van der Waals surface area contributed by atoms with Crippen LogP contribution in [0.4, 0.5) is 0 Å². The molecule has 0 aliphatic carbocycles. The second-order valence-electron chi connectivity index (χ2n) is 5.30. The van der Waals surface area contributed by atoms with Gasteiger partial charge in [0.05, 0.1) is 12.2 Å². The van der Waals surface area contributed by atoms with Gasteiger partial charge in [-0.2, -0.15) is 5.10 Å². The molecule has 1 aromatic carbocycles. The molecule has 0 atom stereocenters. The molecule has 0 fully saturated rings. The Bertz CT molecular complexity index is 785. The van der Waals surface area contributed by atoms with E-state index in [0.717, 1.165) is 24.3 Å². The molecule has 0 unspecified atom stereocenters. The maximum Gasteiger partial charge on any atom is 0.131 e. The summed E-state index contributed by atoms with van der Waals surface area (Å²) in [5.41, 5.74) is 4.59. The highest BCUT2D eigenvalue weighted by atomic mass is 35.5. The number of benzene rings is 1. The summed E-state index contributed by atoms with van der Waals surface area (Å²) < 4.78 is 3.95. The third-order valence-electron chi connectivity index (χ3n) is 3.87. The number of halogens is 1. The molecule has 0 saturated carbocycles. The zero-order valence-electron chi connectivity index (χ0n) is 12.5. The molecule has 0 radical (unpaired) electrons. The number of hydrogen-bond donors (Lipinski definition) is 1. The van der Waals surface area contributed by atoms with Gasteiger partial charge in [-0.1, -0.05) is 23.7 Å². The van der Waals surface area contributed by atoms with Crippen LogP contribution in [0.1, 0.15) is 16.8 Å². The van der Waals surface area contributed by atoms with Gasteiger partial charge < -0.3 is 9.88 Å². The molecule has 5 heteroatoms. The van der Waals surface area contributed by atoms with Crippen molar-refractivity contribution in [3.8, 4) is 0 Å². The summed E-state index contributed by atoms with van der Waals surface area (Å²) in [5.74, 6) is 0. The maximum atomic E-state index is 6.34. The predicted octanol–water partition coefficient (Wildman–Crippen LogP) is 3.10. The van der Waals surface area contributed by atoms with Crippen molar-refractivity contribution in [2.24, 2.45) is 7.05 Å². The van der Waals surface area contributed by atoms with E-state index in [2.05, 4.69) is 45.4 Å². The van der Waals surface area contributed by atoms with Crippen molar-refractivity contribution < 1.29 is 0 Å². The van der Waals surface area contributed by atoms with E-state index in [9.17, 15) is 0 Å². The highest BCUT2D eigenvalue weighted by Crippen LogP contribution is 2.24. The van der Waals surface area contributed by atoms with Crippen molar-refractivity contribution in [1.29, 1.82) is 0 Å². The molecule has 0 aliphatic rings. The summed E-state index contributed by atoms with van der Waals surface area (Å²) >= 11 is 6.34. The molecule has 0 saturated heterocycles. The van der Waals surface area contributed by atoms with Crippen LogP contribution in [0.5, 0.6) is 0 Å². The number of hydrogen-bond acceptors (Lipinski definition) is 2. The molecule has 2 heterocycles. The van der Waals surface area contributed by atoms with Gasteiger partial charge >= 0.3 is 0 Å². The first-order chi connectivity index (χ1) is 10.1. The van der Waals surface area contributed by atoms with Gasteiger partial charge in [-0.25, -0.2) is 0 Å². The van der Waals surface area contributed by atoms with E-state index < -0.39 is 0 Å². The second-order valence-corrected chi connectivity index (χ2v) is 5.66. The van der Waals surface area contributed by atoms with Gasteiger partial charge in [-0.3, -0.25) is 4.68 Å². The zero-order chi connectivity index (χ0) is 15.0. The summed E-state index contributed by atoms with van der Waals surface area (Å²) in [6.07, 6.45) is 2.12. The fourth-order valence-corrected chi connectivity index (χ4v) is 3.03. The maximum absolute atomic E-state index is 6.34. The summed E-state index contributed by atoms with van der Waals surface area (Å²) in [5, 5.41) is 9.58. The molecular formula is C16H19ClN4. The Labute approximate surface area is 129 Å². The number of aryl methyl sites for hydroxylation is 2. The molecular weight excluding hydrogens is 284 g/mol. The standard InChI is InChI=1S/C16H19ClN4/c1-11-14(16(17)20(3)19-11)10-21-8-7-13-12(9-18-2)5-4-6-15(13)21/h4-8,18H,9-10H2,1-3H3. The van der Waals surface area contributed by atoms with Gasteiger partial charge in [0.2, 0.25) is 0 Å². The van der Waals surface area contributed by atoms with Crippen LogP contribution in [-0.2, 0) is 20.1 Å². The molecule has 21 heavy (non-hydrogen) atoms. The second kappa shape index (κ2) is 5.54. The van der Waals surface area contributed by atoms with E-state index in [1.54, 1.807) is 4.68 Å². The summed E-state index contributed by atoms with van der Waals surface area (Å²) in [6.45, 7) is 3.61. The Hall–Kier alpha value is -1.78. The smallest absolute Gasteiger partial charge is 0.131 e. The molecule has 0 bridgehead atoms. The molecule has 1 N–H and O–H groups in total. The fourth-order valence-electron chi connectivity index (χ4n) is 2.79. The van der Waals surface area contributed by atoms with Gasteiger partial charge in [-0.05, 0) is 31.7 Å². The Kier molecular flexibility index (Phi) is 3.74. The Morgan fingerprint density at radius 1 is 1.29 bits per heavy atom. The van der Waals surface area contributed by atoms with Crippen LogP contribution in [0.25, 0.3) is 10.9 Å². The Morgan fingerprint density at radius 2 is 2.10 bits per heavy atom. The zero-order valence-corrected chi connectivity index (χ0v) is 13.3. The van der Waals surface area contributed by atoms with Gasteiger partial charge in [0.15, 0.2) is 0 Å². The molecule has 0 aliphatic heterocycles. The lowest BCUT2D eigenvalue weighted by Crippen LogP contribution is -2.05. The molecule has 110 valence electrons. The summed E-state index contributed by atoms with van der Waals surface area (Å²) in [6, 6.07) is 8.57. The van der Waals surface area contributed by atoms with E-state index in [0.29, 0.717) is 5.15 Å². The molecule has 0 amide bonds. The largest absolute Gasteiger partial charge is 0.343 e. The average Bonchev–Trinajstić information content (AvgIpc) is 2.97. The lowest BCUT2D eigenvalue weighted by atomic mass is 10.1.